The number of aromatic nitrogens is 1. The van der Waals surface area contributed by atoms with Crippen LogP contribution in [0.15, 0.2) is 41.9 Å². The molecule has 1 atom stereocenters. The molecule has 0 radical (unpaired) electrons. The van der Waals surface area contributed by atoms with E-state index >= 15 is 0 Å². The Morgan fingerprint density at radius 1 is 1.38 bits per heavy atom. The van der Waals surface area contributed by atoms with E-state index in [0.29, 0.717) is 18.0 Å². The van der Waals surface area contributed by atoms with Gasteiger partial charge in [0.15, 0.2) is 0 Å². The lowest BCUT2D eigenvalue weighted by molar-refractivity contribution is -0.120. The molecule has 0 saturated heterocycles. The van der Waals surface area contributed by atoms with Crippen LogP contribution in [0.1, 0.15) is 16.5 Å². The third-order valence-electron chi connectivity index (χ3n) is 4.07. The summed E-state index contributed by atoms with van der Waals surface area (Å²) in [7, 11) is 4.05. The Morgan fingerprint density at radius 2 is 2.21 bits per heavy atom. The van der Waals surface area contributed by atoms with Crippen molar-refractivity contribution in [1.29, 1.82) is 0 Å². The van der Waals surface area contributed by atoms with Gasteiger partial charge in [0, 0.05) is 33.5 Å². The first-order chi connectivity index (χ1) is 11.5. The molecule has 3 rings (SSSR count). The van der Waals surface area contributed by atoms with Crippen LogP contribution in [0.2, 0.25) is 5.02 Å². The number of rotatable bonds is 6. The van der Waals surface area contributed by atoms with Crippen molar-refractivity contribution in [2.45, 2.75) is 12.5 Å². The molecule has 2 aromatic heterocycles. The van der Waals surface area contributed by atoms with Gasteiger partial charge in [0.2, 0.25) is 5.91 Å². The lowest BCUT2D eigenvalue weighted by Gasteiger charge is -2.23. The lowest BCUT2D eigenvalue weighted by Crippen LogP contribution is -2.34. The van der Waals surface area contributed by atoms with Crippen LogP contribution in [-0.4, -0.2) is 36.4 Å². The molecule has 0 aliphatic heterocycles. The molecule has 2 N–H and O–H groups in total. The van der Waals surface area contributed by atoms with E-state index in [1.54, 1.807) is 11.3 Å². The maximum atomic E-state index is 12.4. The molecule has 1 amide bonds. The first kappa shape index (κ1) is 17.0. The molecule has 0 spiro atoms. The average molecular weight is 362 g/mol. The van der Waals surface area contributed by atoms with E-state index < -0.39 is 0 Å². The Hall–Kier alpha value is -1.82. The highest BCUT2D eigenvalue weighted by Gasteiger charge is 2.17. The second-order valence-electron chi connectivity index (χ2n) is 5.98. The number of likely N-dealkylation sites (N-methyl/N-ethyl adjacent to an activating group) is 1. The number of halogens is 1. The van der Waals surface area contributed by atoms with E-state index in [4.69, 9.17) is 11.6 Å². The number of amides is 1. The Kier molecular flexibility index (Phi) is 5.23. The van der Waals surface area contributed by atoms with E-state index in [9.17, 15) is 4.79 Å². The average Bonchev–Trinajstić information content (AvgIpc) is 3.18. The summed E-state index contributed by atoms with van der Waals surface area (Å²) < 4.78 is 0. The smallest absolute Gasteiger partial charge is 0.224 e. The van der Waals surface area contributed by atoms with Gasteiger partial charge in [-0.05, 0) is 49.3 Å². The first-order valence-electron chi connectivity index (χ1n) is 7.76. The molecular formula is C18H20ClN3OS. The predicted octanol–water partition coefficient (Wildman–Crippen LogP) is 3.84. The molecule has 0 fully saturated rings. The second kappa shape index (κ2) is 7.38. The van der Waals surface area contributed by atoms with Gasteiger partial charge in [-0.3, -0.25) is 4.79 Å². The van der Waals surface area contributed by atoms with Crippen LogP contribution < -0.4 is 5.32 Å². The highest BCUT2D eigenvalue weighted by molar-refractivity contribution is 7.10. The molecule has 4 nitrogen and oxygen atoms in total. The van der Waals surface area contributed by atoms with Gasteiger partial charge in [-0.25, -0.2) is 0 Å². The van der Waals surface area contributed by atoms with E-state index in [1.807, 2.05) is 44.6 Å². The number of carbonyl (C=O) groups is 1. The summed E-state index contributed by atoms with van der Waals surface area (Å²) in [6, 6.07) is 9.98. The minimum absolute atomic E-state index is 0.0132. The van der Waals surface area contributed by atoms with Gasteiger partial charge in [-0.1, -0.05) is 17.7 Å². The van der Waals surface area contributed by atoms with Crippen LogP contribution in [0, 0.1) is 0 Å². The summed E-state index contributed by atoms with van der Waals surface area (Å²) in [5.74, 6) is 0.0132. The van der Waals surface area contributed by atoms with Gasteiger partial charge in [-0.15, -0.1) is 11.3 Å². The number of thiophene rings is 1. The minimum Gasteiger partial charge on any atom is -0.361 e. The topological polar surface area (TPSA) is 48.1 Å². The number of carbonyl (C=O) groups excluding carboxylic acids is 1. The number of hydrogen-bond donors (Lipinski definition) is 2. The summed E-state index contributed by atoms with van der Waals surface area (Å²) in [5, 5.41) is 6.78. The third kappa shape index (κ3) is 3.80. The number of fused-ring (bicyclic) bond motifs is 1. The first-order valence-corrected chi connectivity index (χ1v) is 9.02. The SMILES string of the molecule is CN(C)C(CNC(=O)Cc1c[nH]c2ccc(Cl)cc12)c1cccs1. The van der Waals surface area contributed by atoms with E-state index in [1.165, 1.54) is 4.88 Å². The molecule has 0 bridgehead atoms. The quantitative estimate of drug-likeness (QED) is 0.700. The molecule has 1 unspecified atom stereocenters. The zero-order valence-electron chi connectivity index (χ0n) is 13.7. The summed E-state index contributed by atoms with van der Waals surface area (Å²) in [6.07, 6.45) is 2.22. The summed E-state index contributed by atoms with van der Waals surface area (Å²) in [5.41, 5.74) is 1.95. The number of hydrogen-bond acceptors (Lipinski definition) is 3. The molecule has 1 aromatic carbocycles. The van der Waals surface area contributed by atoms with Crippen LogP contribution in [0.4, 0.5) is 0 Å². The lowest BCUT2D eigenvalue weighted by atomic mass is 10.1. The van der Waals surface area contributed by atoms with Crippen molar-refractivity contribution in [2.24, 2.45) is 0 Å². The van der Waals surface area contributed by atoms with Crippen molar-refractivity contribution in [1.82, 2.24) is 15.2 Å². The number of benzene rings is 1. The number of nitrogens with zero attached hydrogens (tertiary/aromatic N) is 1. The fourth-order valence-corrected chi connectivity index (χ4v) is 3.86. The Bertz CT molecular complexity index is 826. The maximum absolute atomic E-state index is 12.4. The number of H-pyrrole nitrogens is 1. The highest BCUT2D eigenvalue weighted by atomic mass is 35.5. The molecule has 0 aliphatic carbocycles. The molecule has 6 heteroatoms. The Morgan fingerprint density at radius 3 is 2.92 bits per heavy atom. The summed E-state index contributed by atoms with van der Waals surface area (Å²) >= 11 is 7.77. The van der Waals surface area contributed by atoms with Crippen molar-refractivity contribution >= 4 is 39.7 Å². The van der Waals surface area contributed by atoms with Crippen LogP contribution in [-0.2, 0) is 11.2 Å². The van der Waals surface area contributed by atoms with Crippen molar-refractivity contribution in [3.63, 3.8) is 0 Å². The number of nitrogens with one attached hydrogen (secondary N) is 2. The zero-order chi connectivity index (χ0) is 17.1. The normalized spacial score (nSPS) is 12.7. The standard InChI is InChI=1S/C18H20ClN3OS/c1-22(2)16(17-4-3-7-24-17)11-21-18(23)8-12-10-20-15-6-5-13(19)9-14(12)15/h3-7,9-10,16,20H,8,11H2,1-2H3,(H,21,23). The fourth-order valence-electron chi connectivity index (χ4n) is 2.76. The van der Waals surface area contributed by atoms with Crippen LogP contribution in [0.25, 0.3) is 10.9 Å². The van der Waals surface area contributed by atoms with Gasteiger partial charge >= 0.3 is 0 Å². The monoisotopic (exact) mass is 361 g/mol. The van der Waals surface area contributed by atoms with Gasteiger partial charge in [-0.2, -0.15) is 0 Å². The van der Waals surface area contributed by atoms with E-state index in [0.717, 1.165) is 16.5 Å². The fraction of sp³-hybridized carbons (Fsp3) is 0.278. The van der Waals surface area contributed by atoms with Gasteiger partial charge in [0.25, 0.3) is 0 Å². The minimum atomic E-state index is 0.0132. The summed E-state index contributed by atoms with van der Waals surface area (Å²) in [6.45, 7) is 0.593. The van der Waals surface area contributed by atoms with Crippen molar-refractivity contribution < 1.29 is 4.79 Å². The molecule has 2 heterocycles. The van der Waals surface area contributed by atoms with Gasteiger partial charge in [0.1, 0.15) is 0 Å². The Balaban J connectivity index is 1.65. The summed E-state index contributed by atoms with van der Waals surface area (Å²) in [4.78, 5) is 18.9. The molecular weight excluding hydrogens is 342 g/mol. The molecule has 126 valence electrons. The van der Waals surface area contributed by atoms with Crippen molar-refractivity contribution in [3.05, 3.63) is 57.4 Å². The second-order valence-corrected chi connectivity index (χ2v) is 7.40. The highest BCUT2D eigenvalue weighted by Crippen LogP contribution is 2.24. The molecule has 0 saturated carbocycles. The van der Waals surface area contributed by atoms with Crippen molar-refractivity contribution in [2.75, 3.05) is 20.6 Å². The number of aromatic amines is 1. The molecule has 0 aliphatic rings. The van der Waals surface area contributed by atoms with Gasteiger partial charge in [0.05, 0.1) is 12.5 Å². The molecule has 3 aromatic rings. The van der Waals surface area contributed by atoms with Crippen LogP contribution in [0.3, 0.4) is 0 Å². The largest absolute Gasteiger partial charge is 0.361 e. The Labute approximate surface area is 150 Å². The molecule has 24 heavy (non-hydrogen) atoms. The maximum Gasteiger partial charge on any atom is 0.224 e. The van der Waals surface area contributed by atoms with Crippen LogP contribution in [0.5, 0.6) is 0 Å². The van der Waals surface area contributed by atoms with Gasteiger partial charge < -0.3 is 15.2 Å². The van der Waals surface area contributed by atoms with Crippen LogP contribution >= 0.6 is 22.9 Å². The third-order valence-corrected chi connectivity index (χ3v) is 5.28. The van der Waals surface area contributed by atoms with E-state index in [-0.39, 0.29) is 11.9 Å². The predicted molar refractivity (Wildman–Crippen MR) is 101 cm³/mol. The zero-order valence-corrected chi connectivity index (χ0v) is 15.2. The van der Waals surface area contributed by atoms with E-state index in [2.05, 4.69) is 26.6 Å². The van der Waals surface area contributed by atoms with Crippen molar-refractivity contribution in [3.8, 4) is 0 Å².